The van der Waals surface area contributed by atoms with Crippen molar-refractivity contribution >= 4 is 34.7 Å². The first-order chi connectivity index (χ1) is 18.3. The van der Waals surface area contributed by atoms with Crippen LogP contribution in [0.15, 0.2) is 24.4 Å². The van der Waals surface area contributed by atoms with Gasteiger partial charge in [0, 0.05) is 32.1 Å². The number of hydrogen-bond acceptors (Lipinski definition) is 8. The van der Waals surface area contributed by atoms with E-state index >= 15 is 0 Å². The van der Waals surface area contributed by atoms with Crippen LogP contribution in [0.4, 0.5) is 10.5 Å². The number of morpholine rings is 1. The minimum Gasteiger partial charge on any atom is -0.481 e. The number of carboxylic acid groups (broad SMARTS) is 2. The second-order valence-corrected chi connectivity index (χ2v) is 9.23. The molecule has 14 nitrogen and oxygen atoms in total. The second-order valence-electron chi connectivity index (χ2n) is 9.23. The number of urea groups is 1. The number of anilines is 1. The number of aliphatic carboxylic acids is 2. The van der Waals surface area contributed by atoms with E-state index in [2.05, 4.69) is 47.8 Å². The fourth-order valence-corrected chi connectivity index (χ4v) is 3.83. The zero-order valence-corrected chi connectivity index (χ0v) is 20.8. The van der Waals surface area contributed by atoms with E-state index in [9.17, 15) is 14.4 Å². The average molecular weight is 529 g/mol. The van der Waals surface area contributed by atoms with E-state index in [-0.39, 0.29) is 18.9 Å². The number of aromatic amines is 2. The number of fused-ring (bicyclic) bond motifs is 1. The molecule has 2 fully saturated rings. The molecule has 1 aliphatic carbocycles. The van der Waals surface area contributed by atoms with Gasteiger partial charge in [0.25, 0.3) is 0 Å². The van der Waals surface area contributed by atoms with Crippen molar-refractivity contribution in [3.05, 3.63) is 30.0 Å². The summed E-state index contributed by atoms with van der Waals surface area (Å²) in [4.78, 5) is 42.3. The van der Waals surface area contributed by atoms with E-state index in [1.807, 2.05) is 6.07 Å². The smallest absolute Gasteiger partial charge is 0.320 e. The minimum absolute atomic E-state index is 0.0231. The Morgan fingerprint density at radius 1 is 1.21 bits per heavy atom. The normalized spacial score (nSPS) is 16.3. The molecule has 14 heteroatoms. The lowest BCUT2D eigenvalue weighted by Gasteiger charge is -2.26. The number of imidazole rings is 1. The van der Waals surface area contributed by atoms with Crippen LogP contribution in [-0.2, 0) is 20.9 Å². The van der Waals surface area contributed by atoms with Crippen molar-refractivity contribution in [1.82, 2.24) is 30.4 Å². The Hall–Kier alpha value is -4.01. The Kier molecular flexibility index (Phi) is 8.89. The van der Waals surface area contributed by atoms with Gasteiger partial charge < -0.3 is 36.3 Å². The highest BCUT2D eigenvalue weighted by Gasteiger charge is 2.24. The topological polar surface area (TPSA) is 212 Å². The lowest BCUT2D eigenvalue weighted by molar-refractivity contribution is -0.139. The highest BCUT2D eigenvalue weighted by molar-refractivity contribution is 5.93. The summed E-state index contributed by atoms with van der Waals surface area (Å²) in [6.07, 6.45) is 3.46. The molecule has 2 amide bonds. The van der Waals surface area contributed by atoms with E-state index in [0.717, 1.165) is 56.7 Å². The van der Waals surface area contributed by atoms with Crippen LogP contribution in [0, 0.1) is 0 Å². The number of hydrogen-bond donors (Lipinski definition) is 7. The molecule has 1 aromatic carbocycles. The minimum atomic E-state index is -1.17. The van der Waals surface area contributed by atoms with Crippen molar-refractivity contribution < 1.29 is 29.3 Å². The Morgan fingerprint density at radius 2 is 1.97 bits per heavy atom. The predicted molar refractivity (Wildman–Crippen MR) is 137 cm³/mol. The van der Waals surface area contributed by atoms with Crippen LogP contribution in [-0.4, -0.2) is 91.6 Å². The van der Waals surface area contributed by atoms with Crippen molar-refractivity contribution in [3.63, 3.8) is 0 Å². The largest absolute Gasteiger partial charge is 0.481 e. The third-order valence-electron chi connectivity index (χ3n) is 6.08. The van der Waals surface area contributed by atoms with Gasteiger partial charge in [0.2, 0.25) is 0 Å². The van der Waals surface area contributed by atoms with Gasteiger partial charge in [0.05, 0.1) is 36.1 Å². The Bertz CT molecular complexity index is 1260. The molecule has 1 atom stereocenters. The van der Waals surface area contributed by atoms with Crippen molar-refractivity contribution in [2.45, 2.75) is 44.3 Å². The molecule has 38 heavy (non-hydrogen) atoms. The van der Waals surface area contributed by atoms with Crippen LogP contribution in [0.1, 0.15) is 31.2 Å². The predicted octanol–water partition coefficient (Wildman–Crippen LogP) is 1.33. The summed E-state index contributed by atoms with van der Waals surface area (Å²) in [6.45, 7) is 4.39. The number of rotatable bonds is 9. The molecular weight excluding hydrogens is 496 g/mol. The summed E-state index contributed by atoms with van der Waals surface area (Å²) in [6, 6.07) is 5.29. The second kappa shape index (κ2) is 12.5. The monoisotopic (exact) mass is 528 g/mol. The van der Waals surface area contributed by atoms with E-state index in [0.29, 0.717) is 23.2 Å². The molecule has 2 aliphatic rings. The van der Waals surface area contributed by atoms with Gasteiger partial charge in [-0.2, -0.15) is 5.10 Å². The number of H-pyrrole nitrogens is 2. The maximum atomic E-state index is 12.0. The highest BCUT2D eigenvalue weighted by Crippen LogP contribution is 2.26. The van der Waals surface area contributed by atoms with Crippen LogP contribution < -0.4 is 16.4 Å². The molecule has 3 heterocycles. The fraction of sp³-hybridized carbons (Fsp3) is 0.458. The lowest BCUT2D eigenvalue weighted by atomic mass is 10.2. The number of ether oxygens (including phenoxy) is 1. The quantitative estimate of drug-likeness (QED) is 0.212. The number of amides is 2. The summed E-state index contributed by atoms with van der Waals surface area (Å²) in [5.41, 5.74) is 9.34. The fourth-order valence-electron chi connectivity index (χ4n) is 3.83. The molecular formula is C24H32N8O6. The first-order valence-corrected chi connectivity index (χ1v) is 12.4. The number of carbonyl (C=O) groups excluding carboxylic acids is 1. The van der Waals surface area contributed by atoms with Gasteiger partial charge in [-0.05, 0) is 37.0 Å². The van der Waals surface area contributed by atoms with Crippen LogP contribution in [0.5, 0.6) is 0 Å². The maximum Gasteiger partial charge on any atom is 0.320 e. The van der Waals surface area contributed by atoms with Gasteiger partial charge in [0.1, 0.15) is 11.7 Å². The molecule has 0 spiro atoms. The number of nitrogens with two attached hydrogens (primary N) is 1. The van der Waals surface area contributed by atoms with Gasteiger partial charge in [0.15, 0.2) is 5.82 Å². The van der Waals surface area contributed by atoms with Gasteiger partial charge in [-0.1, -0.05) is 6.07 Å². The number of carboxylic acids is 2. The summed E-state index contributed by atoms with van der Waals surface area (Å²) >= 11 is 0. The first kappa shape index (κ1) is 27.0. The van der Waals surface area contributed by atoms with Gasteiger partial charge in [-0.3, -0.25) is 19.6 Å². The van der Waals surface area contributed by atoms with Crippen molar-refractivity contribution in [2.75, 3.05) is 31.6 Å². The molecule has 0 radical (unpaired) electrons. The number of carbonyl (C=O) groups is 3. The molecule has 3 aromatic rings. The van der Waals surface area contributed by atoms with Crippen molar-refractivity contribution in [2.24, 2.45) is 5.73 Å². The Labute approximate surface area is 217 Å². The van der Waals surface area contributed by atoms with Crippen LogP contribution >= 0.6 is 0 Å². The third-order valence-corrected chi connectivity index (χ3v) is 6.08. The van der Waals surface area contributed by atoms with E-state index in [4.69, 9.17) is 20.7 Å². The molecule has 8 N–H and O–H groups in total. The van der Waals surface area contributed by atoms with E-state index < -0.39 is 18.0 Å². The van der Waals surface area contributed by atoms with Gasteiger partial charge in [-0.15, -0.1) is 0 Å². The number of nitrogens with zero attached hydrogens (tertiary/aromatic N) is 3. The first-order valence-electron chi connectivity index (χ1n) is 12.4. The molecule has 1 aliphatic heterocycles. The standard InChI is InChI=1S/C19H23N7O2.C5H9NO4/c27-19(21-13-2-3-13)24-16-10-20-25-17(16)18-22-14-4-1-12(9-15(14)23-18)11-26-5-7-28-8-6-26;6-3(5(9)10)1-2-4(7)8/h1,4,9-10,13H,2-3,5-8,11H2,(H,20,25)(H,22,23)(H2,21,24,27);3H,1-2,6H2,(H,7,8)(H,9,10). The SMILES string of the molecule is NC(CCC(=O)O)C(=O)O.O=C(Nc1cn[nH]c1-c1nc2ccc(CN3CCOCC3)cc2[nH]1)NC1CC1. The maximum absolute atomic E-state index is 12.0. The molecule has 2 aromatic heterocycles. The zero-order valence-electron chi connectivity index (χ0n) is 20.8. The van der Waals surface area contributed by atoms with Crippen molar-refractivity contribution in [3.8, 4) is 11.5 Å². The Morgan fingerprint density at radius 3 is 2.66 bits per heavy atom. The van der Waals surface area contributed by atoms with Gasteiger partial charge in [-0.25, -0.2) is 9.78 Å². The molecule has 5 rings (SSSR count). The number of benzene rings is 1. The average Bonchev–Trinajstić information content (AvgIpc) is 3.41. The molecule has 204 valence electrons. The van der Waals surface area contributed by atoms with E-state index in [1.54, 1.807) is 6.20 Å². The van der Waals surface area contributed by atoms with Crippen molar-refractivity contribution in [1.29, 1.82) is 0 Å². The van der Waals surface area contributed by atoms with Crippen LogP contribution in [0.3, 0.4) is 0 Å². The molecule has 1 saturated carbocycles. The lowest BCUT2D eigenvalue weighted by Crippen LogP contribution is -2.35. The molecule has 1 saturated heterocycles. The van der Waals surface area contributed by atoms with Crippen LogP contribution in [0.2, 0.25) is 0 Å². The third kappa shape index (κ3) is 7.74. The Balaban J connectivity index is 0.000000289. The van der Waals surface area contributed by atoms with E-state index in [1.165, 1.54) is 5.56 Å². The zero-order chi connectivity index (χ0) is 27.1. The number of nitrogens with one attached hydrogen (secondary N) is 4. The summed E-state index contributed by atoms with van der Waals surface area (Å²) < 4.78 is 5.41. The molecule has 1 unspecified atom stereocenters. The number of aromatic nitrogens is 4. The van der Waals surface area contributed by atoms with Gasteiger partial charge >= 0.3 is 18.0 Å². The summed E-state index contributed by atoms with van der Waals surface area (Å²) in [5.74, 6) is -1.55. The summed E-state index contributed by atoms with van der Waals surface area (Å²) in [7, 11) is 0. The summed E-state index contributed by atoms with van der Waals surface area (Å²) in [5, 5.41) is 29.0. The molecule has 0 bridgehead atoms. The highest BCUT2D eigenvalue weighted by atomic mass is 16.5. The van der Waals surface area contributed by atoms with Crippen LogP contribution in [0.25, 0.3) is 22.6 Å².